The lowest BCUT2D eigenvalue weighted by molar-refractivity contribution is -0.0383. The zero-order chi connectivity index (χ0) is 28.0. The van der Waals surface area contributed by atoms with Gasteiger partial charge in [0.05, 0.1) is 25.4 Å². The van der Waals surface area contributed by atoms with E-state index in [9.17, 15) is 4.79 Å². The standard InChI is InChI=1S/C25H46N6O4Si2/c1-24(2,3)36(9,10)33-14-18-17(35-37(11,12)25(4,5)6)13-19(34-18)31-16-26-20-21(31)28-23(29-22(20)32)27-15-30(7)8/h15-19H,13-14H2,1-12H3,(H,28,29,32)/b27-15+/t17-,18+,19+/m0/s1. The minimum absolute atomic E-state index is 0.0613. The van der Waals surface area contributed by atoms with Crippen LogP contribution in [-0.2, 0) is 13.6 Å². The molecule has 3 rings (SSSR count). The molecule has 0 radical (unpaired) electrons. The average Bonchev–Trinajstić information content (AvgIpc) is 3.33. The van der Waals surface area contributed by atoms with Gasteiger partial charge in [-0.2, -0.15) is 4.98 Å². The monoisotopic (exact) mass is 550 g/mol. The summed E-state index contributed by atoms with van der Waals surface area (Å²) in [5.74, 6) is 0.220. The van der Waals surface area contributed by atoms with Crippen LogP contribution in [0, 0.1) is 0 Å². The zero-order valence-electron chi connectivity index (χ0n) is 24.7. The molecule has 0 aliphatic carbocycles. The van der Waals surface area contributed by atoms with Crippen molar-refractivity contribution in [2.75, 3.05) is 20.7 Å². The number of imidazole rings is 1. The largest absolute Gasteiger partial charge is 0.414 e. The van der Waals surface area contributed by atoms with Gasteiger partial charge in [-0.25, -0.2) is 9.98 Å². The van der Waals surface area contributed by atoms with Crippen molar-refractivity contribution in [1.82, 2.24) is 24.4 Å². The van der Waals surface area contributed by atoms with Gasteiger partial charge in [0.2, 0.25) is 5.95 Å². The van der Waals surface area contributed by atoms with Crippen LogP contribution >= 0.6 is 0 Å². The Bertz CT molecular complexity index is 1180. The number of aliphatic imine (C=N–C) groups is 1. The number of aromatic amines is 1. The Kier molecular flexibility index (Phi) is 8.31. The summed E-state index contributed by atoms with van der Waals surface area (Å²) in [7, 11) is -0.353. The number of fused-ring (bicyclic) bond motifs is 1. The number of H-pyrrole nitrogens is 1. The van der Waals surface area contributed by atoms with Crippen LogP contribution < -0.4 is 5.56 Å². The van der Waals surface area contributed by atoms with Crippen molar-refractivity contribution in [2.45, 2.75) is 103 Å². The molecule has 0 spiro atoms. The molecule has 37 heavy (non-hydrogen) atoms. The van der Waals surface area contributed by atoms with E-state index < -0.39 is 16.6 Å². The molecule has 0 bridgehead atoms. The Morgan fingerprint density at radius 3 is 2.35 bits per heavy atom. The second kappa shape index (κ2) is 10.4. The summed E-state index contributed by atoms with van der Waals surface area (Å²) in [6.45, 7) is 22.9. The number of hydrogen-bond acceptors (Lipinski definition) is 7. The van der Waals surface area contributed by atoms with Crippen LogP contribution in [0.1, 0.15) is 54.2 Å². The van der Waals surface area contributed by atoms with Gasteiger partial charge >= 0.3 is 0 Å². The normalized spacial score (nSPS) is 21.9. The third-order valence-corrected chi connectivity index (χ3v) is 17.0. The fraction of sp³-hybridized carbons (Fsp3) is 0.760. The topological polar surface area (TPSA) is 107 Å². The van der Waals surface area contributed by atoms with E-state index >= 15 is 0 Å². The fourth-order valence-corrected chi connectivity index (χ4v) is 5.94. The zero-order valence-corrected chi connectivity index (χ0v) is 26.7. The van der Waals surface area contributed by atoms with Crippen LogP contribution in [0.5, 0.6) is 0 Å². The van der Waals surface area contributed by atoms with Gasteiger partial charge in [-0.3, -0.25) is 14.3 Å². The smallest absolute Gasteiger partial charge is 0.280 e. The maximum absolute atomic E-state index is 12.7. The Balaban J connectivity index is 1.95. The number of aromatic nitrogens is 4. The van der Waals surface area contributed by atoms with E-state index in [1.165, 1.54) is 0 Å². The molecule has 208 valence electrons. The lowest BCUT2D eigenvalue weighted by Crippen LogP contribution is -2.48. The summed E-state index contributed by atoms with van der Waals surface area (Å²) < 4.78 is 21.9. The summed E-state index contributed by atoms with van der Waals surface area (Å²) in [6, 6.07) is 0. The number of hydrogen-bond donors (Lipinski definition) is 1. The number of ether oxygens (including phenoxy) is 1. The highest BCUT2D eigenvalue weighted by molar-refractivity contribution is 6.74. The number of nitrogens with zero attached hydrogens (tertiary/aromatic N) is 5. The van der Waals surface area contributed by atoms with Gasteiger partial charge in [-0.1, -0.05) is 41.5 Å². The summed E-state index contributed by atoms with van der Waals surface area (Å²) in [6.07, 6.45) is 3.08. The molecule has 1 aliphatic rings. The Hall–Kier alpha value is -1.87. The lowest BCUT2D eigenvalue weighted by atomic mass is 10.2. The molecule has 10 nitrogen and oxygen atoms in total. The van der Waals surface area contributed by atoms with Gasteiger partial charge in [-0.05, 0) is 36.3 Å². The maximum atomic E-state index is 12.7. The number of rotatable bonds is 8. The van der Waals surface area contributed by atoms with Crippen LogP contribution in [0.15, 0.2) is 16.1 Å². The van der Waals surface area contributed by atoms with Gasteiger partial charge in [0.1, 0.15) is 12.3 Å². The highest BCUT2D eigenvalue weighted by Gasteiger charge is 2.46. The first kappa shape index (κ1) is 29.7. The molecular formula is C25H46N6O4Si2. The lowest BCUT2D eigenvalue weighted by Gasteiger charge is -2.40. The first-order chi connectivity index (χ1) is 16.8. The summed E-state index contributed by atoms with van der Waals surface area (Å²) in [4.78, 5) is 30.3. The van der Waals surface area contributed by atoms with Crippen LogP contribution in [0.4, 0.5) is 5.95 Å². The van der Waals surface area contributed by atoms with Crippen molar-refractivity contribution in [2.24, 2.45) is 4.99 Å². The molecule has 12 heteroatoms. The molecule has 3 heterocycles. The molecule has 1 saturated heterocycles. The highest BCUT2D eigenvalue weighted by Crippen LogP contribution is 2.42. The predicted molar refractivity (Wildman–Crippen MR) is 154 cm³/mol. The van der Waals surface area contributed by atoms with Gasteiger partial charge in [0, 0.05) is 20.5 Å². The second-order valence-electron chi connectivity index (χ2n) is 13.3. The van der Waals surface area contributed by atoms with E-state index in [-0.39, 0.29) is 45.5 Å². The van der Waals surface area contributed by atoms with Crippen molar-refractivity contribution < 1.29 is 13.6 Å². The van der Waals surface area contributed by atoms with E-state index in [1.807, 2.05) is 18.7 Å². The van der Waals surface area contributed by atoms with Crippen molar-refractivity contribution in [1.29, 1.82) is 0 Å². The molecule has 1 fully saturated rings. The molecule has 2 aromatic heterocycles. The molecule has 1 aliphatic heterocycles. The fourth-order valence-electron chi connectivity index (χ4n) is 3.56. The quantitative estimate of drug-likeness (QED) is 0.279. The predicted octanol–water partition coefficient (Wildman–Crippen LogP) is 5.04. The molecule has 0 amide bonds. The SMILES string of the molecule is CN(C)/C=N/c1nc2c(ncn2[C@H]2C[C@H](O[Si](C)(C)C(C)(C)C)[C@@H](CO[Si](C)(C)C(C)(C)C)O2)c(=O)[nH]1. The van der Waals surface area contributed by atoms with Gasteiger partial charge < -0.3 is 18.5 Å². The first-order valence-corrected chi connectivity index (χ1v) is 18.8. The third-order valence-electron chi connectivity index (χ3n) is 7.99. The summed E-state index contributed by atoms with van der Waals surface area (Å²) in [5.41, 5.74) is 0.367. The third kappa shape index (κ3) is 6.59. The van der Waals surface area contributed by atoms with Gasteiger partial charge in [0.15, 0.2) is 27.8 Å². The molecule has 0 unspecified atom stereocenters. The number of nitrogens with one attached hydrogen (secondary N) is 1. The molecular weight excluding hydrogens is 504 g/mol. The molecule has 1 N–H and O–H groups in total. The minimum atomic E-state index is -2.07. The maximum Gasteiger partial charge on any atom is 0.280 e. The van der Waals surface area contributed by atoms with E-state index in [0.717, 1.165) is 0 Å². The van der Waals surface area contributed by atoms with E-state index in [0.29, 0.717) is 18.7 Å². The van der Waals surface area contributed by atoms with Crippen LogP contribution in [0.2, 0.25) is 36.3 Å². The average molecular weight is 551 g/mol. The van der Waals surface area contributed by atoms with Crippen LogP contribution in [0.3, 0.4) is 0 Å². The second-order valence-corrected chi connectivity index (χ2v) is 22.8. The van der Waals surface area contributed by atoms with Crippen molar-refractivity contribution >= 4 is 40.1 Å². The van der Waals surface area contributed by atoms with E-state index in [1.54, 1.807) is 17.6 Å². The van der Waals surface area contributed by atoms with Gasteiger partial charge in [-0.15, -0.1) is 0 Å². The van der Waals surface area contributed by atoms with Gasteiger partial charge in [0.25, 0.3) is 5.56 Å². The summed E-state index contributed by atoms with van der Waals surface area (Å²) in [5, 5.41) is 0.154. The Labute approximate surface area is 223 Å². The van der Waals surface area contributed by atoms with Crippen molar-refractivity contribution in [3.8, 4) is 0 Å². The molecule has 2 aromatic rings. The molecule has 3 atom stereocenters. The van der Waals surface area contributed by atoms with Crippen molar-refractivity contribution in [3.05, 3.63) is 16.7 Å². The van der Waals surface area contributed by atoms with E-state index in [4.69, 9.17) is 13.6 Å². The molecule has 0 aromatic carbocycles. The van der Waals surface area contributed by atoms with Crippen molar-refractivity contribution in [3.63, 3.8) is 0 Å². The Morgan fingerprint density at radius 1 is 1.16 bits per heavy atom. The minimum Gasteiger partial charge on any atom is -0.414 e. The highest BCUT2D eigenvalue weighted by atomic mass is 28.4. The Morgan fingerprint density at radius 2 is 1.78 bits per heavy atom. The summed E-state index contributed by atoms with van der Waals surface area (Å²) >= 11 is 0. The van der Waals surface area contributed by atoms with Crippen LogP contribution in [-0.4, -0.2) is 80.3 Å². The first-order valence-electron chi connectivity index (χ1n) is 13.0. The molecule has 0 saturated carbocycles. The van der Waals surface area contributed by atoms with E-state index in [2.05, 4.69) is 87.7 Å². The van der Waals surface area contributed by atoms with Crippen LogP contribution in [0.25, 0.3) is 11.2 Å².